The van der Waals surface area contributed by atoms with Gasteiger partial charge in [0.15, 0.2) is 0 Å². The van der Waals surface area contributed by atoms with Crippen LogP contribution in [0.25, 0.3) is 0 Å². The van der Waals surface area contributed by atoms with Gasteiger partial charge in [0.25, 0.3) is 0 Å². The highest BCUT2D eigenvalue weighted by atomic mass is 15.2. The Labute approximate surface area is 147 Å². The standard InChI is InChI=1S/C21H31N3/c1-16(2)22-14-18-12-19(21(3,4)5)23-20(13-18)24(6)15-17-10-8-7-9-11-17/h7-13,16,22H,14-15H2,1-6H3. The van der Waals surface area contributed by atoms with Crippen molar-refractivity contribution in [2.24, 2.45) is 0 Å². The SMILES string of the molecule is CC(C)NCc1cc(N(C)Cc2ccccc2)nc(C(C)(C)C)c1. The lowest BCUT2D eigenvalue weighted by atomic mass is 9.90. The van der Waals surface area contributed by atoms with Crippen molar-refractivity contribution in [2.75, 3.05) is 11.9 Å². The average molecular weight is 326 g/mol. The second-order valence-electron chi connectivity index (χ2n) is 7.85. The van der Waals surface area contributed by atoms with Gasteiger partial charge in [-0.15, -0.1) is 0 Å². The summed E-state index contributed by atoms with van der Waals surface area (Å²) < 4.78 is 0. The van der Waals surface area contributed by atoms with Crippen LogP contribution >= 0.6 is 0 Å². The van der Waals surface area contributed by atoms with Crippen LogP contribution in [-0.2, 0) is 18.5 Å². The van der Waals surface area contributed by atoms with Gasteiger partial charge in [-0.3, -0.25) is 0 Å². The third-order valence-corrected chi connectivity index (χ3v) is 4.01. The molecule has 3 heteroatoms. The number of pyridine rings is 1. The van der Waals surface area contributed by atoms with E-state index in [4.69, 9.17) is 4.98 Å². The fourth-order valence-electron chi connectivity index (χ4n) is 2.51. The van der Waals surface area contributed by atoms with Crippen molar-refractivity contribution in [1.29, 1.82) is 0 Å². The summed E-state index contributed by atoms with van der Waals surface area (Å²) in [5, 5.41) is 3.51. The second kappa shape index (κ2) is 7.80. The molecular weight excluding hydrogens is 294 g/mol. The minimum atomic E-state index is 0.0379. The smallest absolute Gasteiger partial charge is 0.129 e. The number of rotatable bonds is 6. The molecular formula is C21H31N3. The summed E-state index contributed by atoms with van der Waals surface area (Å²) in [6, 6.07) is 15.4. The van der Waals surface area contributed by atoms with Crippen molar-refractivity contribution in [3.8, 4) is 0 Å². The Kier molecular flexibility index (Phi) is 6.00. The molecule has 2 rings (SSSR count). The third kappa shape index (κ3) is 5.34. The molecule has 0 amide bonds. The van der Waals surface area contributed by atoms with Crippen molar-refractivity contribution < 1.29 is 0 Å². The first kappa shape index (κ1) is 18.5. The van der Waals surface area contributed by atoms with Crippen molar-refractivity contribution >= 4 is 5.82 Å². The first-order chi connectivity index (χ1) is 11.3. The van der Waals surface area contributed by atoms with Crippen molar-refractivity contribution in [2.45, 2.75) is 59.2 Å². The second-order valence-corrected chi connectivity index (χ2v) is 7.85. The van der Waals surface area contributed by atoms with Crippen LogP contribution in [0.5, 0.6) is 0 Å². The molecule has 0 aliphatic rings. The monoisotopic (exact) mass is 325 g/mol. The van der Waals surface area contributed by atoms with Gasteiger partial charge >= 0.3 is 0 Å². The van der Waals surface area contributed by atoms with Gasteiger partial charge in [0, 0.05) is 37.3 Å². The molecule has 0 radical (unpaired) electrons. The van der Waals surface area contributed by atoms with E-state index in [0.29, 0.717) is 6.04 Å². The molecule has 130 valence electrons. The normalized spacial score (nSPS) is 11.8. The molecule has 0 bridgehead atoms. The van der Waals surface area contributed by atoms with E-state index in [2.05, 4.69) is 94.3 Å². The van der Waals surface area contributed by atoms with Crippen molar-refractivity contribution in [3.63, 3.8) is 0 Å². The fourth-order valence-corrected chi connectivity index (χ4v) is 2.51. The number of aromatic nitrogens is 1. The molecule has 0 aliphatic heterocycles. The molecule has 1 N–H and O–H groups in total. The highest BCUT2D eigenvalue weighted by Crippen LogP contribution is 2.25. The summed E-state index contributed by atoms with van der Waals surface area (Å²) in [6.07, 6.45) is 0. The van der Waals surface area contributed by atoms with Gasteiger partial charge in [-0.1, -0.05) is 65.0 Å². The Morgan fingerprint density at radius 3 is 2.29 bits per heavy atom. The molecule has 1 heterocycles. The van der Waals surface area contributed by atoms with E-state index in [9.17, 15) is 0 Å². The van der Waals surface area contributed by atoms with Crippen LogP contribution in [0.4, 0.5) is 5.82 Å². The highest BCUT2D eigenvalue weighted by molar-refractivity contribution is 5.44. The van der Waals surface area contributed by atoms with Crippen LogP contribution < -0.4 is 10.2 Å². The van der Waals surface area contributed by atoms with Gasteiger partial charge < -0.3 is 10.2 Å². The molecule has 0 saturated heterocycles. The minimum absolute atomic E-state index is 0.0379. The molecule has 2 aromatic rings. The molecule has 0 atom stereocenters. The van der Waals surface area contributed by atoms with E-state index in [1.165, 1.54) is 11.1 Å². The van der Waals surface area contributed by atoms with Crippen LogP contribution in [0.1, 0.15) is 51.4 Å². The molecule has 0 unspecified atom stereocenters. The van der Waals surface area contributed by atoms with Gasteiger partial charge in [-0.25, -0.2) is 4.98 Å². The molecule has 0 spiro atoms. The number of hydrogen-bond donors (Lipinski definition) is 1. The Morgan fingerprint density at radius 2 is 1.71 bits per heavy atom. The molecule has 0 fully saturated rings. The number of hydrogen-bond acceptors (Lipinski definition) is 3. The summed E-state index contributed by atoms with van der Waals surface area (Å²) in [5.74, 6) is 1.03. The van der Waals surface area contributed by atoms with E-state index in [1.54, 1.807) is 0 Å². The number of nitrogens with zero attached hydrogens (tertiary/aromatic N) is 2. The summed E-state index contributed by atoms with van der Waals surface area (Å²) in [4.78, 5) is 7.15. The maximum atomic E-state index is 4.93. The number of anilines is 1. The summed E-state index contributed by atoms with van der Waals surface area (Å²) >= 11 is 0. The lowest BCUT2D eigenvalue weighted by Gasteiger charge is -2.24. The summed E-state index contributed by atoms with van der Waals surface area (Å²) in [6.45, 7) is 12.7. The van der Waals surface area contributed by atoms with E-state index in [0.717, 1.165) is 24.6 Å². The lowest BCUT2D eigenvalue weighted by molar-refractivity contribution is 0.560. The fraction of sp³-hybridized carbons (Fsp3) is 0.476. The zero-order valence-electron chi connectivity index (χ0n) is 15.9. The zero-order valence-corrected chi connectivity index (χ0v) is 15.9. The Bertz CT molecular complexity index is 642. The van der Waals surface area contributed by atoms with Gasteiger partial charge in [0.05, 0.1) is 0 Å². The van der Waals surface area contributed by atoms with E-state index >= 15 is 0 Å². The van der Waals surface area contributed by atoms with Gasteiger partial charge in [-0.2, -0.15) is 0 Å². The summed E-state index contributed by atoms with van der Waals surface area (Å²) in [5.41, 5.74) is 3.76. The van der Waals surface area contributed by atoms with Crippen LogP contribution in [-0.4, -0.2) is 18.1 Å². The lowest BCUT2D eigenvalue weighted by Crippen LogP contribution is -2.24. The van der Waals surface area contributed by atoms with Crippen LogP contribution in [0.3, 0.4) is 0 Å². The topological polar surface area (TPSA) is 28.2 Å². The van der Waals surface area contributed by atoms with Crippen molar-refractivity contribution in [1.82, 2.24) is 10.3 Å². The zero-order chi connectivity index (χ0) is 17.7. The molecule has 24 heavy (non-hydrogen) atoms. The number of benzene rings is 1. The van der Waals surface area contributed by atoms with E-state index < -0.39 is 0 Å². The molecule has 1 aromatic carbocycles. The van der Waals surface area contributed by atoms with Gasteiger partial charge in [0.2, 0.25) is 0 Å². The van der Waals surface area contributed by atoms with Crippen LogP contribution in [0.2, 0.25) is 0 Å². The van der Waals surface area contributed by atoms with Gasteiger partial charge in [-0.05, 0) is 23.3 Å². The molecule has 0 aliphatic carbocycles. The van der Waals surface area contributed by atoms with Crippen LogP contribution in [0.15, 0.2) is 42.5 Å². The highest BCUT2D eigenvalue weighted by Gasteiger charge is 2.18. The van der Waals surface area contributed by atoms with E-state index in [1.807, 2.05) is 0 Å². The Hall–Kier alpha value is -1.87. The summed E-state index contributed by atoms with van der Waals surface area (Å²) in [7, 11) is 2.11. The van der Waals surface area contributed by atoms with Crippen LogP contribution in [0, 0.1) is 0 Å². The van der Waals surface area contributed by atoms with Gasteiger partial charge in [0.1, 0.15) is 5.82 Å². The first-order valence-corrected chi connectivity index (χ1v) is 8.75. The third-order valence-electron chi connectivity index (χ3n) is 4.01. The first-order valence-electron chi connectivity index (χ1n) is 8.75. The average Bonchev–Trinajstić information content (AvgIpc) is 2.52. The quantitative estimate of drug-likeness (QED) is 0.847. The van der Waals surface area contributed by atoms with E-state index in [-0.39, 0.29) is 5.41 Å². The van der Waals surface area contributed by atoms with Crippen molar-refractivity contribution in [3.05, 3.63) is 59.3 Å². The predicted molar refractivity (Wildman–Crippen MR) is 103 cm³/mol. The maximum Gasteiger partial charge on any atom is 0.129 e. The predicted octanol–water partition coefficient (Wildman–Crippen LogP) is 4.51. The minimum Gasteiger partial charge on any atom is -0.355 e. The largest absolute Gasteiger partial charge is 0.355 e. The molecule has 1 aromatic heterocycles. The Morgan fingerprint density at radius 1 is 1.04 bits per heavy atom. The number of nitrogens with one attached hydrogen (secondary N) is 1. The maximum absolute atomic E-state index is 4.93. The molecule has 0 saturated carbocycles. The molecule has 3 nitrogen and oxygen atoms in total. The Balaban J connectivity index is 2.28.